The van der Waals surface area contributed by atoms with Crippen LogP contribution in [-0.4, -0.2) is 64.6 Å². The van der Waals surface area contributed by atoms with Crippen molar-refractivity contribution in [3.8, 4) is 0 Å². The van der Waals surface area contributed by atoms with Gasteiger partial charge in [0.15, 0.2) is 0 Å². The molecule has 0 aliphatic carbocycles. The average Bonchev–Trinajstić information content (AvgIpc) is 3.25. The molecule has 0 aromatic carbocycles. The van der Waals surface area contributed by atoms with Crippen LogP contribution < -0.4 is 0 Å². The molecule has 0 heterocycles. The van der Waals surface area contributed by atoms with E-state index in [-0.39, 0.29) is 35.5 Å². The number of carbonyl (C=O) groups excluding carboxylic acids is 6. The van der Waals surface area contributed by atoms with Gasteiger partial charge in [-0.2, -0.15) is 0 Å². The van der Waals surface area contributed by atoms with Gasteiger partial charge in [-0.1, -0.05) is 80.1 Å². The van der Waals surface area contributed by atoms with Gasteiger partial charge in [0.25, 0.3) is 17.9 Å². The fourth-order valence-electron chi connectivity index (χ4n) is 6.78. The topological polar surface area (TPSA) is 158 Å². The van der Waals surface area contributed by atoms with Crippen LogP contribution in [0.5, 0.6) is 0 Å². The second-order valence-electron chi connectivity index (χ2n) is 16.5. The van der Waals surface area contributed by atoms with Gasteiger partial charge in [-0.05, 0) is 38.5 Å². The summed E-state index contributed by atoms with van der Waals surface area (Å²) in [4.78, 5) is 76.2. The normalized spacial score (nSPS) is 13.9. The second-order valence-corrected chi connectivity index (χ2v) is 19.4. The molecule has 362 valence electrons. The molecule has 0 spiro atoms. The van der Waals surface area contributed by atoms with Crippen molar-refractivity contribution in [3.05, 3.63) is 0 Å². The Bertz CT molecular complexity index is 970. The predicted molar refractivity (Wildman–Crippen MR) is 248 cm³/mol. The molecule has 0 fully saturated rings. The quantitative estimate of drug-likeness (QED) is 0.0548. The van der Waals surface area contributed by atoms with E-state index in [1.54, 1.807) is 0 Å². The van der Waals surface area contributed by atoms with Crippen molar-refractivity contribution in [1.29, 1.82) is 0 Å². The van der Waals surface area contributed by atoms with Crippen molar-refractivity contribution in [3.63, 3.8) is 0 Å². The third-order valence-electron chi connectivity index (χ3n) is 11.5. The Labute approximate surface area is 387 Å². The van der Waals surface area contributed by atoms with Crippen LogP contribution in [0.4, 0.5) is 0 Å². The molecule has 0 aromatic rings. The number of carbonyl (C=O) groups is 6. The summed E-state index contributed by atoms with van der Waals surface area (Å²) in [5.41, 5.74) is 0. The van der Waals surface area contributed by atoms with Crippen molar-refractivity contribution in [2.45, 2.75) is 237 Å². The molecule has 0 amide bonds. The van der Waals surface area contributed by atoms with E-state index in [2.05, 4.69) is 41.5 Å². The molecule has 0 rings (SSSR count). The molecule has 0 bridgehead atoms. The van der Waals surface area contributed by atoms with Gasteiger partial charge >= 0.3 is 206 Å². The van der Waals surface area contributed by atoms with Crippen molar-refractivity contribution in [2.24, 2.45) is 35.5 Å². The molecule has 0 radical (unpaired) electrons. The summed E-state index contributed by atoms with van der Waals surface area (Å²) in [6, 6.07) is 0. The van der Waals surface area contributed by atoms with Crippen molar-refractivity contribution in [1.82, 2.24) is 0 Å². The molecule has 6 unspecified atom stereocenters. The first-order valence-corrected chi connectivity index (χ1v) is 27.9. The summed E-state index contributed by atoms with van der Waals surface area (Å²) in [5.74, 6) is -4.32. The van der Waals surface area contributed by atoms with Gasteiger partial charge < -0.3 is 14.0 Å². The average molecular weight is 992 g/mol. The molecule has 14 heteroatoms. The van der Waals surface area contributed by atoms with Crippen LogP contribution in [0.25, 0.3) is 0 Å². The first-order valence-electron chi connectivity index (χ1n) is 24.8. The molecule has 0 aliphatic heterocycles. The summed E-state index contributed by atoms with van der Waals surface area (Å²) in [6.45, 7) is 24.0. The zero-order chi connectivity index (χ0) is 47.3. The fourth-order valence-corrected chi connectivity index (χ4v) is 9.63. The van der Waals surface area contributed by atoms with Crippen LogP contribution in [-0.2, 0) is 51.8 Å². The molecule has 0 saturated carbocycles. The Hall–Kier alpha value is -2.30. The van der Waals surface area contributed by atoms with Crippen LogP contribution in [0, 0.1) is 35.5 Å². The van der Waals surface area contributed by atoms with Crippen LogP contribution >= 0.6 is 0 Å². The molecule has 0 aromatic heterocycles. The Morgan fingerprint density at radius 1 is 0.323 bits per heavy atom. The first kappa shape index (κ1) is 61.8. The van der Waals surface area contributed by atoms with E-state index in [9.17, 15) is 28.8 Å². The van der Waals surface area contributed by atoms with Crippen LogP contribution in [0.15, 0.2) is 0 Å². The summed E-state index contributed by atoms with van der Waals surface area (Å²) >= 11 is -3.80. The van der Waals surface area contributed by atoms with Gasteiger partial charge in [-0.25, -0.2) is 0 Å². The Morgan fingerprint density at radius 2 is 0.500 bits per heavy atom. The molecular weight excluding hydrogens is 901 g/mol. The molecule has 0 N–H and O–H groups in total. The fraction of sp³-hybridized carbons (Fsp3) is 0.875. The molecule has 12 nitrogen and oxygen atoms in total. The SMILES string of the molecule is CCCCC(CC)C(=O)OB(OC(=O)C(CC)CCCC)OC(=O)C(CC)CCCC.CCCCC(CC)C(=O)[O][Sb]([O]C(=O)C(CC)CCCC)[O]C(=O)C(CC)CCCC. The molecule has 0 saturated heterocycles. The molecule has 0 aliphatic rings. The zero-order valence-corrected chi connectivity index (χ0v) is 43.9. The number of unbranched alkanes of at least 4 members (excludes halogenated alkanes) is 6. The van der Waals surface area contributed by atoms with E-state index in [0.29, 0.717) is 57.8 Å². The molecule has 6 atom stereocenters. The number of hydrogen-bond donors (Lipinski definition) is 0. The third kappa shape index (κ3) is 27.8. The van der Waals surface area contributed by atoms with Gasteiger partial charge in [0, 0.05) is 0 Å². The minimum atomic E-state index is -3.80. The third-order valence-corrected chi connectivity index (χ3v) is 14.3. The Morgan fingerprint density at radius 3 is 0.661 bits per heavy atom. The summed E-state index contributed by atoms with van der Waals surface area (Å²) in [5, 5.41) is 0. The maximum atomic E-state index is 12.7. The van der Waals surface area contributed by atoms with Gasteiger partial charge in [-0.3, -0.25) is 14.4 Å². The number of hydrogen-bond acceptors (Lipinski definition) is 12. The van der Waals surface area contributed by atoms with Gasteiger partial charge in [-0.15, -0.1) is 0 Å². The van der Waals surface area contributed by atoms with E-state index in [1.807, 2.05) is 41.5 Å². The van der Waals surface area contributed by atoms with E-state index >= 15 is 0 Å². The van der Waals surface area contributed by atoms with Crippen molar-refractivity contribution in [2.75, 3.05) is 0 Å². The minimum absolute atomic E-state index is 0.256. The summed E-state index contributed by atoms with van der Waals surface area (Å²) in [6.07, 6.45) is 19.5. The Balaban J connectivity index is 0. The van der Waals surface area contributed by atoms with E-state index in [4.69, 9.17) is 23.0 Å². The van der Waals surface area contributed by atoms with E-state index in [0.717, 1.165) is 96.3 Å². The van der Waals surface area contributed by atoms with Crippen molar-refractivity contribution >= 4 is 64.6 Å². The van der Waals surface area contributed by atoms with Gasteiger partial charge in [0.05, 0.1) is 17.8 Å². The predicted octanol–water partition coefficient (Wildman–Crippen LogP) is 12.5. The molecular formula is C48H90BO12Sb. The van der Waals surface area contributed by atoms with E-state index in [1.165, 1.54) is 0 Å². The van der Waals surface area contributed by atoms with Crippen molar-refractivity contribution < 1.29 is 51.8 Å². The first-order chi connectivity index (χ1) is 29.7. The monoisotopic (exact) mass is 991 g/mol. The second kappa shape index (κ2) is 40.2. The molecule has 62 heavy (non-hydrogen) atoms. The maximum absolute atomic E-state index is 12.7. The summed E-state index contributed by atoms with van der Waals surface area (Å²) in [7, 11) is -1.62. The van der Waals surface area contributed by atoms with Crippen LogP contribution in [0.3, 0.4) is 0 Å². The standard InChI is InChI=1S/C24H45BO6.3C8H16O2.Sb/c1-7-13-16-19(10-4)22(26)29-25(30-23(27)20(11-5)17-14-8-2)31-24(28)21(12-6)18-15-9-3;3*1-3-5-6-7(4-2)8(9)10;/h19-21H,7-18H2,1-6H3;3*7H,3-6H2,1-2H3,(H,9,10);/q;;;;+3/p-3. The Kier molecular flexibility index (Phi) is 40.1. The zero-order valence-electron chi connectivity index (χ0n) is 41.4. The van der Waals surface area contributed by atoms with Gasteiger partial charge in [0.1, 0.15) is 0 Å². The van der Waals surface area contributed by atoms with E-state index < -0.39 is 64.6 Å². The van der Waals surface area contributed by atoms with Gasteiger partial charge in [0.2, 0.25) is 0 Å². The summed E-state index contributed by atoms with van der Waals surface area (Å²) < 4.78 is 33.0. The van der Waals surface area contributed by atoms with Crippen LogP contribution in [0.1, 0.15) is 237 Å². The van der Waals surface area contributed by atoms with Crippen LogP contribution in [0.2, 0.25) is 0 Å². The number of rotatable bonds is 36.